The van der Waals surface area contributed by atoms with E-state index in [9.17, 15) is 4.79 Å². The Labute approximate surface area is 115 Å². The van der Waals surface area contributed by atoms with Crippen LogP contribution in [0.15, 0.2) is 0 Å². The number of nitrogens with one attached hydrogen (secondary N) is 2. The molecule has 110 valence electrons. The Morgan fingerprint density at radius 3 is 3.05 bits per heavy atom. The van der Waals surface area contributed by atoms with E-state index in [1.807, 2.05) is 0 Å². The molecule has 5 heteroatoms. The summed E-state index contributed by atoms with van der Waals surface area (Å²) in [6.45, 7) is 6.79. The fourth-order valence-electron chi connectivity index (χ4n) is 2.78. The van der Waals surface area contributed by atoms with E-state index < -0.39 is 0 Å². The van der Waals surface area contributed by atoms with Crippen molar-refractivity contribution in [3.63, 3.8) is 0 Å². The Morgan fingerprint density at radius 2 is 2.37 bits per heavy atom. The predicted octanol–water partition coefficient (Wildman–Crippen LogP) is 0.544. The molecule has 2 rings (SSSR count). The van der Waals surface area contributed by atoms with Gasteiger partial charge in [0.1, 0.15) is 0 Å². The lowest BCUT2D eigenvalue weighted by atomic mass is 9.85. The molecule has 0 aromatic heterocycles. The Bertz CT molecular complexity index is 274. The SMILES string of the molecule is CC(CC(=O)NCC1COCCO1)C1CCCNC1. The van der Waals surface area contributed by atoms with Crippen molar-refractivity contribution in [1.82, 2.24) is 10.6 Å². The molecule has 3 atom stereocenters. The summed E-state index contributed by atoms with van der Waals surface area (Å²) in [5.74, 6) is 1.21. The Balaban J connectivity index is 1.62. The largest absolute Gasteiger partial charge is 0.376 e. The zero-order valence-electron chi connectivity index (χ0n) is 11.8. The molecular weight excluding hydrogens is 244 g/mol. The maximum Gasteiger partial charge on any atom is 0.220 e. The van der Waals surface area contributed by atoms with E-state index in [0.717, 1.165) is 13.1 Å². The highest BCUT2D eigenvalue weighted by molar-refractivity contribution is 5.76. The van der Waals surface area contributed by atoms with Gasteiger partial charge in [0.2, 0.25) is 5.91 Å². The molecule has 3 unspecified atom stereocenters. The highest BCUT2D eigenvalue weighted by Gasteiger charge is 2.22. The van der Waals surface area contributed by atoms with Crippen LogP contribution >= 0.6 is 0 Å². The van der Waals surface area contributed by atoms with Crippen LogP contribution in [-0.2, 0) is 14.3 Å². The van der Waals surface area contributed by atoms with E-state index in [0.29, 0.717) is 44.6 Å². The Hall–Kier alpha value is -0.650. The lowest BCUT2D eigenvalue weighted by molar-refractivity contribution is -0.125. The van der Waals surface area contributed by atoms with E-state index in [1.54, 1.807) is 0 Å². The first-order valence-electron chi connectivity index (χ1n) is 7.42. The summed E-state index contributed by atoms with van der Waals surface area (Å²) in [5.41, 5.74) is 0. The van der Waals surface area contributed by atoms with Crippen LogP contribution in [0.5, 0.6) is 0 Å². The first-order chi connectivity index (χ1) is 9.25. The molecule has 2 saturated heterocycles. The van der Waals surface area contributed by atoms with Gasteiger partial charge in [0.25, 0.3) is 0 Å². The highest BCUT2D eigenvalue weighted by Crippen LogP contribution is 2.22. The van der Waals surface area contributed by atoms with Crippen LogP contribution in [0.3, 0.4) is 0 Å². The van der Waals surface area contributed by atoms with Gasteiger partial charge in [-0.3, -0.25) is 4.79 Å². The van der Waals surface area contributed by atoms with Gasteiger partial charge in [-0.25, -0.2) is 0 Å². The van der Waals surface area contributed by atoms with Crippen molar-refractivity contribution in [3.8, 4) is 0 Å². The zero-order chi connectivity index (χ0) is 13.5. The number of amides is 1. The molecule has 0 saturated carbocycles. The van der Waals surface area contributed by atoms with Crippen LogP contribution in [-0.4, -0.2) is 51.5 Å². The normalized spacial score (nSPS) is 29.7. The van der Waals surface area contributed by atoms with Gasteiger partial charge in [-0.15, -0.1) is 0 Å². The first kappa shape index (κ1) is 14.8. The lowest BCUT2D eigenvalue weighted by Crippen LogP contribution is -2.41. The van der Waals surface area contributed by atoms with Gasteiger partial charge in [0, 0.05) is 13.0 Å². The predicted molar refractivity (Wildman–Crippen MR) is 72.9 cm³/mol. The molecule has 2 heterocycles. The second-order valence-electron chi connectivity index (χ2n) is 5.66. The van der Waals surface area contributed by atoms with Gasteiger partial charge < -0.3 is 20.1 Å². The van der Waals surface area contributed by atoms with Gasteiger partial charge >= 0.3 is 0 Å². The third-order valence-electron chi connectivity index (χ3n) is 4.06. The summed E-state index contributed by atoms with van der Waals surface area (Å²) in [5, 5.41) is 6.36. The zero-order valence-corrected chi connectivity index (χ0v) is 11.8. The van der Waals surface area contributed by atoms with Gasteiger partial charge in [-0.1, -0.05) is 6.92 Å². The molecule has 2 N–H and O–H groups in total. The molecule has 0 bridgehead atoms. The molecule has 0 aromatic carbocycles. The molecule has 0 radical (unpaired) electrons. The number of carbonyl (C=O) groups is 1. The number of carbonyl (C=O) groups excluding carboxylic acids is 1. The molecule has 0 spiro atoms. The summed E-state index contributed by atoms with van der Waals surface area (Å²) in [4.78, 5) is 11.9. The number of rotatable bonds is 5. The van der Waals surface area contributed by atoms with E-state index in [4.69, 9.17) is 9.47 Å². The highest BCUT2D eigenvalue weighted by atomic mass is 16.6. The van der Waals surface area contributed by atoms with Crippen molar-refractivity contribution in [3.05, 3.63) is 0 Å². The quantitative estimate of drug-likeness (QED) is 0.766. The van der Waals surface area contributed by atoms with Crippen LogP contribution in [0.2, 0.25) is 0 Å². The van der Waals surface area contributed by atoms with Crippen molar-refractivity contribution in [2.45, 2.75) is 32.3 Å². The van der Waals surface area contributed by atoms with Gasteiger partial charge in [-0.2, -0.15) is 0 Å². The fraction of sp³-hybridized carbons (Fsp3) is 0.929. The fourth-order valence-corrected chi connectivity index (χ4v) is 2.78. The monoisotopic (exact) mass is 270 g/mol. The minimum Gasteiger partial charge on any atom is -0.376 e. The van der Waals surface area contributed by atoms with E-state index in [-0.39, 0.29) is 12.0 Å². The summed E-state index contributed by atoms with van der Waals surface area (Å²) >= 11 is 0. The summed E-state index contributed by atoms with van der Waals surface area (Å²) in [7, 11) is 0. The minimum atomic E-state index is 0.0179. The van der Waals surface area contributed by atoms with Crippen LogP contribution in [0, 0.1) is 11.8 Å². The summed E-state index contributed by atoms with van der Waals surface area (Å²) in [6, 6.07) is 0. The second-order valence-corrected chi connectivity index (χ2v) is 5.66. The van der Waals surface area contributed by atoms with Crippen LogP contribution < -0.4 is 10.6 Å². The van der Waals surface area contributed by atoms with Crippen molar-refractivity contribution in [2.24, 2.45) is 11.8 Å². The van der Waals surface area contributed by atoms with Crippen molar-refractivity contribution in [2.75, 3.05) is 39.5 Å². The number of piperidine rings is 1. The number of ether oxygens (including phenoxy) is 2. The summed E-state index contributed by atoms with van der Waals surface area (Å²) < 4.78 is 10.8. The van der Waals surface area contributed by atoms with Crippen molar-refractivity contribution < 1.29 is 14.3 Å². The van der Waals surface area contributed by atoms with Gasteiger partial charge in [-0.05, 0) is 37.8 Å². The van der Waals surface area contributed by atoms with Gasteiger partial charge in [0.05, 0.1) is 25.9 Å². The Morgan fingerprint density at radius 1 is 1.47 bits per heavy atom. The maximum atomic E-state index is 11.9. The molecule has 0 aromatic rings. The Kier molecular flexibility index (Phi) is 6.07. The third kappa shape index (κ3) is 5.09. The third-order valence-corrected chi connectivity index (χ3v) is 4.06. The molecule has 19 heavy (non-hydrogen) atoms. The summed E-state index contributed by atoms with van der Waals surface area (Å²) in [6.07, 6.45) is 3.09. The molecule has 2 aliphatic rings. The number of hydrogen-bond donors (Lipinski definition) is 2. The second kappa shape index (κ2) is 7.82. The molecule has 2 aliphatic heterocycles. The molecule has 1 amide bonds. The average Bonchev–Trinajstić information content (AvgIpc) is 2.47. The number of hydrogen-bond acceptors (Lipinski definition) is 4. The molecule has 5 nitrogen and oxygen atoms in total. The minimum absolute atomic E-state index is 0.0179. The lowest BCUT2D eigenvalue weighted by Gasteiger charge is -2.28. The topological polar surface area (TPSA) is 59.6 Å². The van der Waals surface area contributed by atoms with Crippen LogP contribution in [0.4, 0.5) is 0 Å². The van der Waals surface area contributed by atoms with E-state index >= 15 is 0 Å². The molecule has 2 fully saturated rings. The first-order valence-corrected chi connectivity index (χ1v) is 7.42. The van der Waals surface area contributed by atoms with E-state index in [1.165, 1.54) is 12.8 Å². The average molecular weight is 270 g/mol. The standard InChI is InChI=1S/C14H26N2O3/c1-11(12-3-2-4-15-8-12)7-14(17)16-9-13-10-18-5-6-19-13/h11-13,15H,2-10H2,1H3,(H,16,17). The maximum absolute atomic E-state index is 11.9. The smallest absolute Gasteiger partial charge is 0.220 e. The van der Waals surface area contributed by atoms with E-state index in [2.05, 4.69) is 17.6 Å². The molecular formula is C14H26N2O3. The molecule has 0 aliphatic carbocycles. The van der Waals surface area contributed by atoms with Crippen LogP contribution in [0.25, 0.3) is 0 Å². The van der Waals surface area contributed by atoms with Crippen molar-refractivity contribution >= 4 is 5.91 Å². The van der Waals surface area contributed by atoms with Crippen molar-refractivity contribution in [1.29, 1.82) is 0 Å². The van der Waals surface area contributed by atoms with Crippen LogP contribution in [0.1, 0.15) is 26.2 Å². The van der Waals surface area contributed by atoms with Gasteiger partial charge in [0.15, 0.2) is 0 Å².